The van der Waals surface area contributed by atoms with E-state index in [-0.39, 0.29) is 5.91 Å². The van der Waals surface area contributed by atoms with Crippen LogP contribution in [-0.4, -0.2) is 10.9 Å². The van der Waals surface area contributed by atoms with Gasteiger partial charge < -0.3 is 5.32 Å². The van der Waals surface area contributed by atoms with E-state index in [1.165, 1.54) is 0 Å². The predicted molar refractivity (Wildman–Crippen MR) is 76.1 cm³/mol. The van der Waals surface area contributed by atoms with Crippen LogP contribution in [-0.2, 0) is 0 Å². The van der Waals surface area contributed by atoms with Gasteiger partial charge in [0.15, 0.2) is 0 Å². The normalized spacial score (nSPS) is 10.2. The summed E-state index contributed by atoms with van der Waals surface area (Å²) in [7, 11) is 0. The van der Waals surface area contributed by atoms with Gasteiger partial charge >= 0.3 is 0 Å². The van der Waals surface area contributed by atoms with Crippen LogP contribution in [0.4, 0.5) is 5.82 Å². The minimum absolute atomic E-state index is 0.199. The number of pyridine rings is 1. The maximum Gasteiger partial charge on any atom is 0.257 e. The number of nitrogens with one attached hydrogen (secondary N) is 1. The fourth-order valence-electron chi connectivity index (χ4n) is 1.54. The molecule has 0 aliphatic heterocycles. The van der Waals surface area contributed by atoms with Gasteiger partial charge in [-0.15, -0.1) is 0 Å². The lowest BCUT2D eigenvalue weighted by Gasteiger charge is -2.07. The lowest BCUT2D eigenvalue weighted by Crippen LogP contribution is -2.14. The Kier molecular flexibility index (Phi) is 3.99. The molecule has 2 aromatic rings. The van der Waals surface area contributed by atoms with E-state index in [2.05, 4.69) is 26.2 Å². The van der Waals surface area contributed by atoms with Crippen LogP contribution >= 0.6 is 27.5 Å². The van der Waals surface area contributed by atoms with Gasteiger partial charge in [0, 0.05) is 10.6 Å². The second kappa shape index (κ2) is 5.50. The second-order valence-corrected chi connectivity index (χ2v) is 5.01. The second-order valence-electron chi connectivity index (χ2n) is 3.76. The van der Waals surface area contributed by atoms with Crippen LogP contribution in [0.2, 0.25) is 5.02 Å². The molecule has 0 fully saturated rings. The summed E-state index contributed by atoms with van der Waals surface area (Å²) in [6, 6.07) is 10.5. The molecule has 0 bridgehead atoms. The van der Waals surface area contributed by atoms with E-state index in [0.717, 1.165) is 5.56 Å². The third-order valence-electron chi connectivity index (χ3n) is 2.39. The van der Waals surface area contributed by atoms with E-state index in [0.29, 0.717) is 21.0 Å². The molecular formula is C13H10BrClN2O. The molecule has 0 unspecified atom stereocenters. The Balaban J connectivity index is 2.22. The Hall–Kier alpha value is -1.39. The molecule has 0 saturated heterocycles. The minimum atomic E-state index is -0.199. The summed E-state index contributed by atoms with van der Waals surface area (Å²) in [4.78, 5) is 16.2. The van der Waals surface area contributed by atoms with Gasteiger partial charge in [-0.3, -0.25) is 4.79 Å². The Morgan fingerprint density at radius 1 is 1.33 bits per heavy atom. The number of halogens is 2. The number of hydrogen-bond donors (Lipinski definition) is 1. The van der Waals surface area contributed by atoms with Gasteiger partial charge in [-0.2, -0.15) is 0 Å². The third-order valence-corrected chi connectivity index (χ3v) is 3.07. The van der Waals surface area contributed by atoms with E-state index in [4.69, 9.17) is 11.6 Å². The molecule has 3 nitrogen and oxygen atoms in total. The quantitative estimate of drug-likeness (QED) is 0.846. The SMILES string of the molecule is Cc1cc(Cl)ccc1C(=O)Nc1cccc(Br)n1. The van der Waals surface area contributed by atoms with Crippen LogP contribution in [0.15, 0.2) is 41.0 Å². The highest BCUT2D eigenvalue weighted by Crippen LogP contribution is 2.17. The minimum Gasteiger partial charge on any atom is -0.307 e. The monoisotopic (exact) mass is 324 g/mol. The summed E-state index contributed by atoms with van der Waals surface area (Å²) in [5.41, 5.74) is 1.41. The van der Waals surface area contributed by atoms with Crippen LogP contribution < -0.4 is 5.32 Å². The van der Waals surface area contributed by atoms with E-state index in [1.54, 1.807) is 36.4 Å². The smallest absolute Gasteiger partial charge is 0.257 e. The summed E-state index contributed by atoms with van der Waals surface area (Å²) in [6.45, 7) is 1.84. The van der Waals surface area contributed by atoms with Crippen molar-refractivity contribution in [3.63, 3.8) is 0 Å². The first-order valence-electron chi connectivity index (χ1n) is 5.26. The van der Waals surface area contributed by atoms with Gasteiger partial charge in [-0.1, -0.05) is 17.7 Å². The molecule has 0 spiro atoms. The Morgan fingerprint density at radius 2 is 2.11 bits per heavy atom. The molecule has 5 heteroatoms. The van der Waals surface area contributed by atoms with Crippen molar-refractivity contribution in [2.24, 2.45) is 0 Å². The Bertz CT molecular complexity index is 601. The number of carbonyl (C=O) groups is 1. The Labute approximate surface area is 118 Å². The molecular weight excluding hydrogens is 316 g/mol. The third kappa shape index (κ3) is 3.09. The molecule has 18 heavy (non-hydrogen) atoms. The summed E-state index contributed by atoms with van der Waals surface area (Å²) in [5, 5.41) is 3.35. The molecule has 0 radical (unpaired) electrons. The first-order chi connectivity index (χ1) is 8.56. The fourth-order valence-corrected chi connectivity index (χ4v) is 2.11. The average molecular weight is 326 g/mol. The number of amides is 1. The average Bonchev–Trinajstić information content (AvgIpc) is 2.28. The maximum atomic E-state index is 12.0. The van der Waals surface area contributed by atoms with Crippen molar-refractivity contribution in [1.29, 1.82) is 0 Å². The lowest BCUT2D eigenvalue weighted by molar-refractivity contribution is 0.102. The molecule has 0 saturated carbocycles. The zero-order valence-electron chi connectivity index (χ0n) is 9.58. The van der Waals surface area contributed by atoms with Crippen LogP contribution in [0.5, 0.6) is 0 Å². The first kappa shape index (κ1) is 13.1. The molecule has 0 aliphatic carbocycles. The topological polar surface area (TPSA) is 42.0 Å². The highest BCUT2D eigenvalue weighted by Gasteiger charge is 2.10. The number of aromatic nitrogens is 1. The molecule has 92 valence electrons. The standard InChI is InChI=1S/C13H10BrClN2O/c1-8-7-9(15)5-6-10(8)13(18)17-12-4-2-3-11(14)16-12/h2-7H,1H3,(H,16,17,18). The van der Waals surface area contributed by atoms with E-state index in [1.807, 2.05) is 6.92 Å². The van der Waals surface area contributed by atoms with Crippen molar-refractivity contribution in [3.05, 3.63) is 57.2 Å². The molecule has 0 atom stereocenters. The zero-order valence-corrected chi connectivity index (χ0v) is 11.9. The molecule has 1 amide bonds. The molecule has 1 heterocycles. The zero-order chi connectivity index (χ0) is 13.1. The van der Waals surface area contributed by atoms with E-state index in [9.17, 15) is 4.79 Å². The van der Waals surface area contributed by atoms with Gasteiger partial charge in [-0.25, -0.2) is 4.98 Å². The molecule has 0 aliphatic rings. The molecule has 2 rings (SSSR count). The van der Waals surface area contributed by atoms with Gasteiger partial charge in [0.05, 0.1) is 0 Å². The number of benzene rings is 1. The van der Waals surface area contributed by atoms with Crippen molar-refractivity contribution in [1.82, 2.24) is 4.98 Å². The number of anilines is 1. The number of carbonyl (C=O) groups excluding carboxylic acids is 1. The number of rotatable bonds is 2. The maximum absolute atomic E-state index is 12.0. The summed E-state index contributed by atoms with van der Waals surface area (Å²) in [6.07, 6.45) is 0. The van der Waals surface area contributed by atoms with Gasteiger partial charge in [0.1, 0.15) is 10.4 Å². The summed E-state index contributed by atoms with van der Waals surface area (Å²) < 4.78 is 0.674. The van der Waals surface area contributed by atoms with E-state index >= 15 is 0 Å². The van der Waals surface area contributed by atoms with Gasteiger partial charge in [-0.05, 0) is 58.7 Å². The Morgan fingerprint density at radius 3 is 2.78 bits per heavy atom. The molecule has 1 N–H and O–H groups in total. The summed E-state index contributed by atoms with van der Waals surface area (Å²) >= 11 is 9.10. The predicted octanol–water partition coefficient (Wildman–Crippen LogP) is 4.06. The number of hydrogen-bond acceptors (Lipinski definition) is 2. The van der Waals surface area contributed by atoms with Crippen LogP contribution in [0.1, 0.15) is 15.9 Å². The first-order valence-corrected chi connectivity index (χ1v) is 6.43. The van der Waals surface area contributed by atoms with Crippen molar-refractivity contribution >= 4 is 39.3 Å². The lowest BCUT2D eigenvalue weighted by atomic mass is 10.1. The number of nitrogens with zero attached hydrogens (tertiary/aromatic N) is 1. The fraction of sp³-hybridized carbons (Fsp3) is 0.0769. The summed E-state index contributed by atoms with van der Waals surface area (Å²) in [5.74, 6) is 0.304. The van der Waals surface area contributed by atoms with Crippen molar-refractivity contribution < 1.29 is 4.79 Å². The highest BCUT2D eigenvalue weighted by molar-refractivity contribution is 9.10. The van der Waals surface area contributed by atoms with Gasteiger partial charge in [0.2, 0.25) is 0 Å². The van der Waals surface area contributed by atoms with Crippen molar-refractivity contribution in [2.45, 2.75) is 6.92 Å². The van der Waals surface area contributed by atoms with Crippen LogP contribution in [0.25, 0.3) is 0 Å². The van der Waals surface area contributed by atoms with Crippen molar-refractivity contribution in [2.75, 3.05) is 5.32 Å². The molecule has 1 aromatic carbocycles. The largest absolute Gasteiger partial charge is 0.307 e. The molecule has 1 aromatic heterocycles. The van der Waals surface area contributed by atoms with Crippen molar-refractivity contribution in [3.8, 4) is 0 Å². The van der Waals surface area contributed by atoms with Crippen LogP contribution in [0.3, 0.4) is 0 Å². The number of aryl methyl sites for hydroxylation is 1. The highest BCUT2D eigenvalue weighted by atomic mass is 79.9. The van der Waals surface area contributed by atoms with Gasteiger partial charge in [0.25, 0.3) is 5.91 Å². The van der Waals surface area contributed by atoms with E-state index < -0.39 is 0 Å². The van der Waals surface area contributed by atoms with Crippen LogP contribution in [0, 0.1) is 6.92 Å².